The van der Waals surface area contributed by atoms with Crippen LogP contribution in [0.4, 0.5) is 0 Å². The number of allylic oxidation sites excluding steroid dienone is 1. The van der Waals surface area contributed by atoms with E-state index in [0.717, 1.165) is 18.7 Å². The molecule has 0 saturated carbocycles. The maximum Gasteiger partial charge on any atom is 0.119 e. The summed E-state index contributed by atoms with van der Waals surface area (Å²) in [6.45, 7) is 1.58. The highest BCUT2D eigenvalue weighted by molar-refractivity contribution is 7.95. The van der Waals surface area contributed by atoms with Gasteiger partial charge in [0.25, 0.3) is 0 Å². The molecule has 2 nitrogen and oxygen atoms in total. The molecule has 6 aromatic carbocycles. The first kappa shape index (κ1) is 42.7. The number of benzene rings is 6. The quantitative estimate of drug-likeness (QED) is 0.0410. The molecule has 0 atom stereocenters. The minimum absolute atomic E-state index is 0. The van der Waals surface area contributed by atoms with E-state index < -0.39 is 7.26 Å². The molecule has 0 unspecified atom stereocenters. The fraction of sp³-hybridized carbons (Fsp3) is 0.269. The molecule has 56 heavy (non-hydrogen) atoms. The standard InChI is InChI=1S/C52H59NOP.ClH/c1-53(2)41-42-54-47-39-37-46(38-40-47)52(45-28-16-10-17-29-45)51(44-26-14-9-15-27-44)36-24-7-5-3-4-6-8-25-43-55(48-30-18-11-19-31-48,49-32-20-12-21-33-49)50-34-22-13-23-35-50;/h9-23,26-35,37-40H,3-8,24-25,36,41-43H2,1-2H3;1H/q+1;/b52-51-;. The van der Waals surface area contributed by atoms with E-state index in [1.54, 1.807) is 0 Å². The van der Waals surface area contributed by atoms with E-state index in [0.29, 0.717) is 6.61 Å². The zero-order valence-corrected chi connectivity index (χ0v) is 35.2. The van der Waals surface area contributed by atoms with Gasteiger partial charge in [-0.1, -0.05) is 159 Å². The molecule has 0 aliphatic heterocycles. The van der Waals surface area contributed by atoms with E-state index in [-0.39, 0.29) is 12.4 Å². The largest absolute Gasteiger partial charge is 0.492 e. The molecule has 0 amide bonds. The van der Waals surface area contributed by atoms with Crippen LogP contribution in [0.25, 0.3) is 11.1 Å². The second-order valence-electron chi connectivity index (χ2n) is 14.9. The van der Waals surface area contributed by atoms with Gasteiger partial charge >= 0.3 is 0 Å². The topological polar surface area (TPSA) is 12.5 Å². The summed E-state index contributed by atoms with van der Waals surface area (Å²) in [5, 5.41) is 4.48. The number of hydrogen-bond donors (Lipinski definition) is 0. The highest BCUT2D eigenvalue weighted by Crippen LogP contribution is 2.56. The summed E-state index contributed by atoms with van der Waals surface area (Å²) in [7, 11) is 2.42. The Morgan fingerprint density at radius 3 is 1.30 bits per heavy atom. The molecule has 0 N–H and O–H groups in total. The summed E-state index contributed by atoms with van der Waals surface area (Å²) in [6, 6.07) is 64.7. The highest BCUT2D eigenvalue weighted by Gasteiger charge is 2.44. The molecular weight excluding hydrogens is 721 g/mol. The molecule has 0 fully saturated rings. The van der Waals surface area contributed by atoms with E-state index in [2.05, 4.69) is 195 Å². The van der Waals surface area contributed by atoms with Gasteiger partial charge in [0.15, 0.2) is 0 Å². The lowest BCUT2D eigenvalue weighted by Crippen LogP contribution is -2.33. The average molecular weight is 781 g/mol. The van der Waals surface area contributed by atoms with E-state index in [1.165, 1.54) is 101 Å². The maximum atomic E-state index is 6.05. The summed E-state index contributed by atoms with van der Waals surface area (Å²) in [5.74, 6) is 0.920. The van der Waals surface area contributed by atoms with Crippen LogP contribution in [0.2, 0.25) is 0 Å². The predicted molar refractivity (Wildman–Crippen MR) is 248 cm³/mol. The van der Waals surface area contributed by atoms with Crippen molar-refractivity contribution in [1.29, 1.82) is 0 Å². The lowest BCUT2D eigenvalue weighted by molar-refractivity contribution is 0.261. The number of unbranched alkanes of at least 4 members (excludes halogenated alkanes) is 7. The SMILES string of the molecule is CN(C)CCOc1ccc(/C(=C(/CCCCCCCCCC[P+](c2ccccc2)(c2ccccc2)c2ccccc2)c2ccccc2)c2ccccc2)cc1.Cl. The molecule has 0 radical (unpaired) electrons. The first-order valence-corrected chi connectivity index (χ1v) is 22.4. The fourth-order valence-electron chi connectivity index (χ4n) is 7.83. The summed E-state index contributed by atoms with van der Waals surface area (Å²) >= 11 is 0. The van der Waals surface area contributed by atoms with Gasteiger partial charge in [-0.2, -0.15) is 0 Å². The van der Waals surface area contributed by atoms with Gasteiger partial charge in [-0.3, -0.25) is 0 Å². The van der Waals surface area contributed by atoms with Gasteiger partial charge in [-0.25, -0.2) is 0 Å². The van der Waals surface area contributed by atoms with Crippen molar-refractivity contribution in [3.05, 3.63) is 193 Å². The Hall–Kier alpha value is -4.46. The van der Waals surface area contributed by atoms with Crippen LogP contribution in [-0.2, 0) is 0 Å². The molecule has 4 heteroatoms. The average Bonchev–Trinajstić information content (AvgIpc) is 3.24. The van der Waals surface area contributed by atoms with Crippen molar-refractivity contribution in [1.82, 2.24) is 4.90 Å². The molecule has 0 spiro atoms. The van der Waals surface area contributed by atoms with Crippen molar-refractivity contribution in [3.63, 3.8) is 0 Å². The van der Waals surface area contributed by atoms with Gasteiger partial charge in [-0.15, -0.1) is 12.4 Å². The van der Waals surface area contributed by atoms with Crippen molar-refractivity contribution in [2.45, 2.75) is 57.8 Å². The van der Waals surface area contributed by atoms with Crippen LogP contribution >= 0.6 is 19.7 Å². The monoisotopic (exact) mass is 780 g/mol. The zero-order valence-electron chi connectivity index (χ0n) is 33.4. The molecular formula is C52H60ClNOP+. The smallest absolute Gasteiger partial charge is 0.119 e. The molecule has 0 aliphatic carbocycles. The Kier molecular flexibility index (Phi) is 17.5. The van der Waals surface area contributed by atoms with Crippen molar-refractivity contribution >= 4 is 46.7 Å². The summed E-state index contributed by atoms with van der Waals surface area (Å²) in [6.07, 6.45) is 12.5. The number of hydrogen-bond acceptors (Lipinski definition) is 2. The van der Waals surface area contributed by atoms with Crippen molar-refractivity contribution < 1.29 is 4.74 Å². The molecule has 0 bridgehead atoms. The van der Waals surface area contributed by atoms with Crippen LogP contribution in [0.3, 0.4) is 0 Å². The Labute approximate surface area is 344 Å². The highest BCUT2D eigenvalue weighted by atomic mass is 35.5. The Bertz CT molecular complexity index is 1890. The van der Waals surface area contributed by atoms with Crippen molar-refractivity contribution in [3.8, 4) is 5.75 Å². The molecule has 0 saturated heterocycles. The van der Waals surface area contributed by atoms with Crippen LogP contribution in [0, 0.1) is 0 Å². The first-order chi connectivity index (χ1) is 27.1. The maximum absolute atomic E-state index is 6.05. The fourth-order valence-corrected chi connectivity index (χ4v) is 12.2. The second kappa shape index (κ2) is 22.9. The number of nitrogens with zero attached hydrogens (tertiary/aromatic N) is 1. The molecule has 6 rings (SSSR count). The van der Waals surface area contributed by atoms with E-state index >= 15 is 0 Å². The van der Waals surface area contributed by atoms with Crippen LogP contribution in [0.15, 0.2) is 176 Å². The molecule has 6 aromatic rings. The lowest BCUT2D eigenvalue weighted by Gasteiger charge is -2.27. The molecule has 0 heterocycles. The number of ether oxygens (including phenoxy) is 1. The summed E-state index contributed by atoms with van der Waals surface area (Å²) < 4.78 is 6.05. The van der Waals surface area contributed by atoms with Crippen molar-refractivity contribution in [2.75, 3.05) is 33.4 Å². The summed E-state index contributed by atoms with van der Waals surface area (Å²) in [5.41, 5.74) is 6.57. The van der Waals surface area contributed by atoms with Crippen LogP contribution < -0.4 is 20.7 Å². The van der Waals surface area contributed by atoms with Gasteiger partial charge in [-0.05, 0) is 116 Å². The van der Waals surface area contributed by atoms with Gasteiger partial charge in [0, 0.05) is 6.54 Å². The number of likely N-dealkylation sites (N-methyl/N-ethyl adjacent to an activating group) is 1. The van der Waals surface area contributed by atoms with E-state index in [4.69, 9.17) is 4.74 Å². The molecule has 290 valence electrons. The summed E-state index contributed by atoms with van der Waals surface area (Å²) in [4.78, 5) is 2.15. The second-order valence-corrected chi connectivity index (χ2v) is 18.5. The Balaban J connectivity index is 0.00000600. The third-order valence-corrected chi connectivity index (χ3v) is 15.2. The van der Waals surface area contributed by atoms with Gasteiger partial charge in [0.1, 0.15) is 35.5 Å². The third-order valence-electron chi connectivity index (χ3n) is 10.7. The van der Waals surface area contributed by atoms with Gasteiger partial charge < -0.3 is 9.64 Å². The van der Waals surface area contributed by atoms with Crippen LogP contribution in [-0.4, -0.2) is 38.3 Å². The minimum atomic E-state index is -1.73. The molecule has 0 aromatic heterocycles. The van der Waals surface area contributed by atoms with Gasteiger partial charge in [0.2, 0.25) is 0 Å². The van der Waals surface area contributed by atoms with Crippen molar-refractivity contribution in [2.24, 2.45) is 0 Å². The van der Waals surface area contributed by atoms with E-state index in [9.17, 15) is 0 Å². The first-order valence-electron chi connectivity index (χ1n) is 20.4. The lowest BCUT2D eigenvalue weighted by atomic mass is 9.86. The molecule has 0 aliphatic rings. The normalized spacial score (nSPS) is 11.8. The Morgan fingerprint density at radius 2 is 0.839 bits per heavy atom. The van der Waals surface area contributed by atoms with Gasteiger partial charge in [0.05, 0.1) is 6.16 Å². The number of rotatable bonds is 21. The minimum Gasteiger partial charge on any atom is -0.492 e. The number of halogens is 1. The van der Waals surface area contributed by atoms with E-state index in [1.807, 2.05) is 0 Å². The van der Waals surface area contributed by atoms with Crippen LogP contribution in [0.5, 0.6) is 5.75 Å². The van der Waals surface area contributed by atoms with Crippen LogP contribution in [0.1, 0.15) is 74.5 Å². The Morgan fingerprint density at radius 1 is 0.446 bits per heavy atom. The third kappa shape index (κ3) is 11.8. The zero-order chi connectivity index (χ0) is 38.0. The predicted octanol–water partition coefficient (Wildman–Crippen LogP) is 12.5.